The van der Waals surface area contributed by atoms with Crippen molar-refractivity contribution in [3.63, 3.8) is 0 Å². The molecule has 0 spiro atoms. The summed E-state index contributed by atoms with van der Waals surface area (Å²) in [6.45, 7) is 5.11. The van der Waals surface area contributed by atoms with Gasteiger partial charge in [-0.2, -0.15) is 0 Å². The summed E-state index contributed by atoms with van der Waals surface area (Å²) in [5.74, 6) is -2.53. The number of carbonyl (C=O) groups is 3. The molecule has 1 N–H and O–H groups in total. The third kappa shape index (κ3) is 4.87. The molecule has 0 amide bonds. The van der Waals surface area contributed by atoms with Gasteiger partial charge in [-0.05, 0) is 25.5 Å². The van der Waals surface area contributed by atoms with Crippen LogP contribution in [0.5, 0.6) is 0 Å². The van der Waals surface area contributed by atoms with Crippen molar-refractivity contribution < 1.29 is 29.0 Å². The summed E-state index contributed by atoms with van der Waals surface area (Å²) < 4.78 is 10.1. The fourth-order valence-electron chi connectivity index (χ4n) is 1.63. The van der Waals surface area contributed by atoms with Crippen LogP contribution in [0.15, 0.2) is 24.3 Å². The van der Waals surface area contributed by atoms with Crippen LogP contribution in [0.4, 0.5) is 0 Å². The lowest BCUT2D eigenvalue weighted by Gasteiger charge is -2.16. The number of hydrogen-bond donors (Lipinski definition) is 1. The number of benzene rings is 1. The lowest BCUT2D eigenvalue weighted by atomic mass is 10.1. The number of ether oxygens (including phenoxy) is 2. The molecule has 0 aliphatic rings. The Labute approximate surface area is 129 Å². The number of rotatable bonds is 7. The van der Waals surface area contributed by atoms with E-state index in [4.69, 9.17) is 14.6 Å². The van der Waals surface area contributed by atoms with Crippen LogP contribution in [-0.2, 0) is 14.3 Å². The molecule has 1 rings (SSSR count). The Morgan fingerprint density at radius 3 is 2.27 bits per heavy atom. The molecule has 0 aromatic heterocycles. The van der Waals surface area contributed by atoms with Crippen LogP contribution in [0, 0.1) is 5.92 Å². The fourth-order valence-corrected chi connectivity index (χ4v) is 1.63. The minimum atomic E-state index is -1.20. The maximum absolute atomic E-state index is 11.9. The van der Waals surface area contributed by atoms with E-state index in [-0.39, 0.29) is 29.6 Å². The van der Waals surface area contributed by atoms with Crippen LogP contribution in [0.1, 0.15) is 47.9 Å². The standard InChI is InChI=1S/C16H20O6/c1-4-10(2)15(19)22-11(3)9-21-16(20)13-8-6-5-7-12(13)14(17)18/h5-8,10-11H,4,9H2,1-3H3,(H,17,18). The van der Waals surface area contributed by atoms with Crippen LogP contribution >= 0.6 is 0 Å². The van der Waals surface area contributed by atoms with E-state index in [9.17, 15) is 14.4 Å². The molecule has 0 saturated heterocycles. The van der Waals surface area contributed by atoms with Gasteiger partial charge < -0.3 is 14.6 Å². The van der Waals surface area contributed by atoms with Crippen LogP contribution in [0.2, 0.25) is 0 Å². The highest BCUT2D eigenvalue weighted by Gasteiger charge is 2.20. The van der Waals surface area contributed by atoms with Crippen LogP contribution in [0.25, 0.3) is 0 Å². The first-order chi connectivity index (χ1) is 10.4. The number of esters is 2. The molecule has 0 heterocycles. The van der Waals surface area contributed by atoms with Gasteiger partial charge in [0.05, 0.1) is 17.0 Å². The largest absolute Gasteiger partial charge is 0.478 e. The van der Waals surface area contributed by atoms with E-state index < -0.39 is 18.0 Å². The van der Waals surface area contributed by atoms with Gasteiger partial charge in [-0.25, -0.2) is 9.59 Å². The van der Waals surface area contributed by atoms with Gasteiger partial charge in [0.25, 0.3) is 0 Å². The van der Waals surface area contributed by atoms with Crippen LogP contribution in [0.3, 0.4) is 0 Å². The van der Waals surface area contributed by atoms with E-state index in [1.807, 2.05) is 6.92 Å². The summed E-state index contributed by atoms with van der Waals surface area (Å²) >= 11 is 0. The van der Waals surface area contributed by atoms with Crippen molar-refractivity contribution in [2.75, 3.05) is 6.61 Å². The molecule has 120 valence electrons. The quantitative estimate of drug-likeness (QED) is 0.778. The second-order valence-electron chi connectivity index (χ2n) is 5.01. The van der Waals surface area contributed by atoms with E-state index >= 15 is 0 Å². The van der Waals surface area contributed by atoms with Gasteiger partial charge in [-0.3, -0.25) is 4.79 Å². The van der Waals surface area contributed by atoms with Gasteiger partial charge in [0, 0.05) is 0 Å². The number of carbonyl (C=O) groups excluding carboxylic acids is 2. The fraction of sp³-hybridized carbons (Fsp3) is 0.438. The van der Waals surface area contributed by atoms with Gasteiger partial charge in [-0.1, -0.05) is 26.0 Å². The molecule has 0 bridgehead atoms. The van der Waals surface area contributed by atoms with Crippen molar-refractivity contribution in [1.82, 2.24) is 0 Å². The number of aromatic carboxylic acids is 1. The lowest BCUT2D eigenvalue weighted by molar-refractivity contribution is -0.154. The molecule has 2 unspecified atom stereocenters. The first-order valence-corrected chi connectivity index (χ1v) is 7.06. The smallest absolute Gasteiger partial charge is 0.339 e. The minimum Gasteiger partial charge on any atom is -0.478 e. The Morgan fingerprint density at radius 2 is 1.73 bits per heavy atom. The molecule has 0 saturated carbocycles. The summed E-state index contributed by atoms with van der Waals surface area (Å²) in [6, 6.07) is 5.78. The number of carboxylic acids is 1. The highest BCUT2D eigenvalue weighted by Crippen LogP contribution is 2.11. The second-order valence-corrected chi connectivity index (χ2v) is 5.01. The average molecular weight is 308 g/mol. The highest BCUT2D eigenvalue weighted by molar-refractivity contribution is 6.02. The van der Waals surface area contributed by atoms with Crippen molar-refractivity contribution in [3.05, 3.63) is 35.4 Å². The molecule has 0 aliphatic carbocycles. The molecule has 22 heavy (non-hydrogen) atoms. The zero-order valence-corrected chi connectivity index (χ0v) is 12.9. The highest BCUT2D eigenvalue weighted by atomic mass is 16.6. The molecule has 1 aromatic rings. The van der Waals surface area contributed by atoms with Crippen LogP contribution < -0.4 is 0 Å². The molecule has 1 aromatic carbocycles. The summed E-state index contributed by atoms with van der Waals surface area (Å²) in [4.78, 5) is 34.6. The Kier molecular flexibility index (Phi) is 6.56. The first kappa shape index (κ1) is 17.7. The SMILES string of the molecule is CCC(C)C(=O)OC(C)COC(=O)c1ccccc1C(=O)O. The van der Waals surface area contributed by atoms with E-state index in [0.29, 0.717) is 6.42 Å². The molecule has 6 nitrogen and oxygen atoms in total. The van der Waals surface area contributed by atoms with E-state index in [0.717, 1.165) is 0 Å². The molecule has 2 atom stereocenters. The molecular formula is C16H20O6. The van der Waals surface area contributed by atoms with Crippen molar-refractivity contribution in [1.29, 1.82) is 0 Å². The molecule has 6 heteroatoms. The Bertz CT molecular complexity index is 551. The zero-order valence-electron chi connectivity index (χ0n) is 12.9. The van der Waals surface area contributed by atoms with Crippen molar-refractivity contribution in [2.24, 2.45) is 5.92 Å². The third-order valence-corrected chi connectivity index (χ3v) is 3.16. The average Bonchev–Trinajstić information content (AvgIpc) is 2.51. The molecule has 0 radical (unpaired) electrons. The molecule has 0 aliphatic heterocycles. The van der Waals surface area contributed by atoms with Gasteiger partial charge >= 0.3 is 17.9 Å². The normalized spacial score (nSPS) is 13.0. The maximum Gasteiger partial charge on any atom is 0.339 e. The van der Waals surface area contributed by atoms with Crippen molar-refractivity contribution in [2.45, 2.75) is 33.3 Å². The summed E-state index contributed by atoms with van der Waals surface area (Å²) in [6.07, 6.45) is 0.0691. The summed E-state index contributed by atoms with van der Waals surface area (Å²) in [7, 11) is 0. The van der Waals surface area contributed by atoms with Gasteiger partial charge in [0.1, 0.15) is 12.7 Å². The van der Waals surface area contributed by atoms with E-state index in [1.165, 1.54) is 18.2 Å². The van der Waals surface area contributed by atoms with Crippen molar-refractivity contribution in [3.8, 4) is 0 Å². The zero-order chi connectivity index (χ0) is 16.7. The Hall–Kier alpha value is -2.37. The minimum absolute atomic E-state index is 0.0320. The van der Waals surface area contributed by atoms with Gasteiger partial charge in [0.2, 0.25) is 0 Å². The maximum atomic E-state index is 11.9. The van der Waals surface area contributed by atoms with E-state index in [1.54, 1.807) is 19.9 Å². The topological polar surface area (TPSA) is 89.9 Å². The van der Waals surface area contributed by atoms with Gasteiger partial charge in [0.15, 0.2) is 0 Å². The number of carboxylic acid groups (broad SMARTS) is 1. The molecular weight excluding hydrogens is 288 g/mol. The molecule has 0 fully saturated rings. The van der Waals surface area contributed by atoms with Crippen molar-refractivity contribution >= 4 is 17.9 Å². The predicted molar refractivity (Wildman–Crippen MR) is 78.7 cm³/mol. The predicted octanol–water partition coefficient (Wildman–Crippen LogP) is 2.52. The summed E-state index contributed by atoms with van der Waals surface area (Å²) in [5, 5.41) is 9.02. The number of hydrogen-bond acceptors (Lipinski definition) is 5. The third-order valence-electron chi connectivity index (χ3n) is 3.16. The van der Waals surface area contributed by atoms with E-state index in [2.05, 4.69) is 0 Å². The second kappa shape index (κ2) is 8.17. The Balaban J connectivity index is 2.60. The summed E-state index contributed by atoms with van der Waals surface area (Å²) in [5.41, 5.74) is -0.160. The van der Waals surface area contributed by atoms with Gasteiger partial charge in [-0.15, -0.1) is 0 Å². The monoisotopic (exact) mass is 308 g/mol. The lowest BCUT2D eigenvalue weighted by Crippen LogP contribution is -2.25. The Morgan fingerprint density at radius 1 is 1.14 bits per heavy atom. The van der Waals surface area contributed by atoms with Crippen LogP contribution in [-0.4, -0.2) is 35.7 Å². The first-order valence-electron chi connectivity index (χ1n) is 7.06.